The third-order valence-electron chi connectivity index (χ3n) is 3.21. The average Bonchev–Trinajstić information content (AvgIpc) is 2.29. The Bertz CT molecular complexity index is 382. The molecule has 2 heteroatoms. The van der Waals surface area contributed by atoms with Crippen LogP contribution in [0.4, 0.5) is 0 Å². The lowest BCUT2D eigenvalue weighted by atomic mass is 9.81. The number of ether oxygens (including phenoxy) is 1. The van der Waals surface area contributed by atoms with E-state index < -0.39 is 0 Å². The predicted molar refractivity (Wildman–Crippen MR) is 59.4 cm³/mol. The van der Waals surface area contributed by atoms with E-state index in [0.29, 0.717) is 0 Å². The monoisotopic (exact) mass is 204 g/mol. The van der Waals surface area contributed by atoms with Gasteiger partial charge in [0.25, 0.3) is 0 Å². The van der Waals surface area contributed by atoms with Gasteiger partial charge in [-0.15, -0.1) is 0 Å². The standard InChI is InChI=1S/C13H16O2/c1-3-9-4-5-10-6-7-11(15-2)8-12(10)13(9)14/h6-9H,3-5H2,1-2H3. The van der Waals surface area contributed by atoms with E-state index in [2.05, 4.69) is 6.92 Å². The second-order valence-electron chi connectivity index (χ2n) is 4.03. The van der Waals surface area contributed by atoms with E-state index in [1.54, 1.807) is 7.11 Å². The summed E-state index contributed by atoms with van der Waals surface area (Å²) in [6.45, 7) is 2.08. The minimum absolute atomic E-state index is 0.213. The molecule has 15 heavy (non-hydrogen) atoms. The fourth-order valence-corrected chi connectivity index (χ4v) is 2.20. The molecule has 1 aromatic carbocycles. The van der Waals surface area contributed by atoms with Crippen molar-refractivity contribution in [2.24, 2.45) is 5.92 Å². The second-order valence-corrected chi connectivity index (χ2v) is 4.03. The van der Waals surface area contributed by atoms with Crippen LogP contribution in [0.15, 0.2) is 18.2 Å². The number of hydrogen-bond donors (Lipinski definition) is 0. The number of Topliss-reactive ketones (excluding diaryl/α,β-unsaturated/α-hetero) is 1. The first-order valence-corrected chi connectivity index (χ1v) is 5.47. The van der Waals surface area contributed by atoms with Crippen LogP contribution in [0.5, 0.6) is 5.75 Å². The van der Waals surface area contributed by atoms with E-state index in [1.807, 2.05) is 18.2 Å². The molecule has 0 saturated carbocycles. The maximum Gasteiger partial charge on any atom is 0.166 e. The number of methoxy groups -OCH3 is 1. The molecule has 0 saturated heterocycles. The Balaban J connectivity index is 2.40. The summed E-state index contributed by atoms with van der Waals surface area (Å²) in [6, 6.07) is 5.82. The van der Waals surface area contributed by atoms with Crippen LogP contribution in [0.2, 0.25) is 0 Å². The smallest absolute Gasteiger partial charge is 0.166 e. The first-order chi connectivity index (χ1) is 7.26. The Kier molecular flexibility index (Phi) is 2.76. The van der Waals surface area contributed by atoms with Gasteiger partial charge >= 0.3 is 0 Å². The highest BCUT2D eigenvalue weighted by Gasteiger charge is 2.25. The van der Waals surface area contributed by atoms with E-state index in [9.17, 15) is 4.79 Å². The van der Waals surface area contributed by atoms with Crippen LogP contribution in [0.1, 0.15) is 35.7 Å². The lowest BCUT2D eigenvalue weighted by Gasteiger charge is -2.22. The highest BCUT2D eigenvalue weighted by molar-refractivity contribution is 6.00. The Hall–Kier alpha value is -1.31. The molecule has 0 fully saturated rings. The van der Waals surface area contributed by atoms with Crippen molar-refractivity contribution in [3.05, 3.63) is 29.3 Å². The molecule has 1 aliphatic carbocycles. The number of carbonyl (C=O) groups is 1. The van der Waals surface area contributed by atoms with Crippen LogP contribution in [-0.2, 0) is 6.42 Å². The fraction of sp³-hybridized carbons (Fsp3) is 0.462. The van der Waals surface area contributed by atoms with E-state index >= 15 is 0 Å². The minimum atomic E-state index is 0.213. The topological polar surface area (TPSA) is 26.3 Å². The van der Waals surface area contributed by atoms with Gasteiger partial charge in [0.1, 0.15) is 5.75 Å². The number of benzene rings is 1. The van der Waals surface area contributed by atoms with Gasteiger partial charge in [-0.3, -0.25) is 4.79 Å². The van der Waals surface area contributed by atoms with Crippen LogP contribution < -0.4 is 4.74 Å². The Morgan fingerprint density at radius 2 is 2.27 bits per heavy atom. The zero-order valence-corrected chi connectivity index (χ0v) is 9.25. The van der Waals surface area contributed by atoms with Gasteiger partial charge in [-0.25, -0.2) is 0 Å². The van der Waals surface area contributed by atoms with Crippen molar-refractivity contribution in [3.8, 4) is 5.75 Å². The Labute approximate surface area is 90.3 Å². The molecular weight excluding hydrogens is 188 g/mol. The van der Waals surface area contributed by atoms with Crippen molar-refractivity contribution >= 4 is 5.78 Å². The molecule has 1 aliphatic rings. The first-order valence-electron chi connectivity index (χ1n) is 5.47. The lowest BCUT2D eigenvalue weighted by molar-refractivity contribution is 0.0898. The molecule has 2 rings (SSSR count). The maximum absolute atomic E-state index is 12.1. The summed E-state index contributed by atoms with van der Waals surface area (Å²) < 4.78 is 5.15. The molecule has 0 heterocycles. The van der Waals surface area contributed by atoms with Gasteiger partial charge < -0.3 is 4.74 Å². The van der Waals surface area contributed by atoms with E-state index in [1.165, 1.54) is 5.56 Å². The van der Waals surface area contributed by atoms with E-state index in [-0.39, 0.29) is 11.7 Å². The molecule has 0 aromatic heterocycles. The SMILES string of the molecule is CCC1CCc2ccc(OC)cc2C1=O. The fourth-order valence-electron chi connectivity index (χ4n) is 2.20. The maximum atomic E-state index is 12.1. The van der Waals surface area contributed by atoms with Gasteiger partial charge in [-0.2, -0.15) is 0 Å². The molecule has 0 bridgehead atoms. The van der Waals surface area contributed by atoms with Crippen molar-refractivity contribution in [1.29, 1.82) is 0 Å². The molecule has 0 spiro atoms. The summed E-state index contributed by atoms with van der Waals surface area (Å²) in [5.41, 5.74) is 2.04. The van der Waals surface area contributed by atoms with Crippen LogP contribution in [0, 0.1) is 5.92 Å². The van der Waals surface area contributed by atoms with E-state index in [4.69, 9.17) is 4.74 Å². The number of carbonyl (C=O) groups excluding carboxylic acids is 1. The summed E-state index contributed by atoms with van der Waals surface area (Å²) in [7, 11) is 1.63. The largest absolute Gasteiger partial charge is 0.497 e. The molecule has 0 aliphatic heterocycles. The molecule has 0 N–H and O–H groups in total. The third-order valence-corrected chi connectivity index (χ3v) is 3.21. The number of aryl methyl sites for hydroxylation is 1. The Morgan fingerprint density at radius 3 is 2.93 bits per heavy atom. The highest BCUT2D eigenvalue weighted by Crippen LogP contribution is 2.29. The number of rotatable bonds is 2. The summed E-state index contributed by atoms with van der Waals surface area (Å²) >= 11 is 0. The molecule has 1 atom stereocenters. The number of ketones is 1. The van der Waals surface area contributed by atoms with Gasteiger partial charge in [-0.05, 0) is 37.0 Å². The Morgan fingerprint density at radius 1 is 1.47 bits per heavy atom. The summed E-state index contributed by atoms with van der Waals surface area (Å²) in [5, 5.41) is 0. The molecule has 1 unspecified atom stereocenters. The summed E-state index contributed by atoms with van der Waals surface area (Å²) in [6.07, 6.45) is 2.95. The van der Waals surface area contributed by atoms with Gasteiger partial charge in [0.15, 0.2) is 5.78 Å². The molecular formula is C13H16O2. The van der Waals surface area contributed by atoms with Gasteiger partial charge in [0, 0.05) is 11.5 Å². The van der Waals surface area contributed by atoms with Crippen molar-refractivity contribution in [2.45, 2.75) is 26.2 Å². The van der Waals surface area contributed by atoms with E-state index in [0.717, 1.165) is 30.6 Å². The predicted octanol–water partition coefficient (Wildman–Crippen LogP) is 2.85. The second kappa shape index (κ2) is 4.05. The van der Waals surface area contributed by atoms with Crippen LogP contribution >= 0.6 is 0 Å². The highest BCUT2D eigenvalue weighted by atomic mass is 16.5. The van der Waals surface area contributed by atoms with Gasteiger partial charge in [0.2, 0.25) is 0 Å². The van der Waals surface area contributed by atoms with Crippen LogP contribution in [0.3, 0.4) is 0 Å². The molecule has 2 nitrogen and oxygen atoms in total. The molecule has 80 valence electrons. The van der Waals surface area contributed by atoms with Crippen LogP contribution in [-0.4, -0.2) is 12.9 Å². The normalized spacial score (nSPS) is 19.9. The quantitative estimate of drug-likeness (QED) is 0.740. The average molecular weight is 204 g/mol. The first kappa shape index (κ1) is 10.2. The zero-order valence-electron chi connectivity index (χ0n) is 9.25. The third kappa shape index (κ3) is 1.76. The summed E-state index contributed by atoms with van der Waals surface area (Å²) in [4.78, 5) is 12.1. The lowest BCUT2D eigenvalue weighted by Crippen LogP contribution is -2.21. The molecule has 0 amide bonds. The van der Waals surface area contributed by atoms with Crippen molar-refractivity contribution in [2.75, 3.05) is 7.11 Å². The van der Waals surface area contributed by atoms with Gasteiger partial charge in [0.05, 0.1) is 7.11 Å². The summed E-state index contributed by atoms with van der Waals surface area (Å²) in [5.74, 6) is 1.28. The zero-order chi connectivity index (χ0) is 10.8. The number of fused-ring (bicyclic) bond motifs is 1. The van der Waals surface area contributed by atoms with Crippen LogP contribution in [0.25, 0.3) is 0 Å². The molecule has 1 aromatic rings. The molecule has 0 radical (unpaired) electrons. The van der Waals surface area contributed by atoms with Crippen molar-refractivity contribution < 1.29 is 9.53 Å². The number of hydrogen-bond acceptors (Lipinski definition) is 2. The van der Waals surface area contributed by atoms with Crippen molar-refractivity contribution in [1.82, 2.24) is 0 Å². The van der Waals surface area contributed by atoms with Crippen molar-refractivity contribution in [3.63, 3.8) is 0 Å². The van der Waals surface area contributed by atoms with Gasteiger partial charge in [-0.1, -0.05) is 13.0 Å². The minimum Gasteiger partial charge on any atom is -0.497 e.